The Balaban J connectivity index is 0.00000320. The van der Waals surface area contributed by atoms with Gasteiger partial charge in [-0.15, -0.1) is 35.3 Å². The summed E-state index contributed by atoms with van der Waals surface area (Å²) in [5.41, 5.74) is 1.38. The van der Waals surface area contributed by atoms with Gasteiger partial charge in [-0.1, -0.05) is 25.1 Å². The van der Waals surface area contributed by atoms with Crippen LogP contribution < -0.4 is 15.4 Å². The van der Waals surface area contributed by atoms with Crippen molar-refractivity contribution in [1.29, 1.82) is 0 Å². The number of nitrogens with zero attached hydrogens (tertiary/aromatic N) is 1. The SMILES string of the molecule is CN=C(NCC(C)Cc1cccs1)NCC1(c2ccc(OC)cc2)CCOCC1.I. The van der Waals surface area contributed by atoms with E-state index < -0.39 is 0 Å². The zero-order valence-electron chi connectivity index (χ0n) is 18.1. The molecule has 0 amide bonds. The smallest absolute Gasteiger partial charge is 0.191 e. The van der Waals surface area contributed by atoms with Crippen molar-refractivity contribution in [3.8, 4) is 5.75 Å². The van der Waals surface area contributed by atoms with E-state index in [1.165, 1.54) is 10.4 Å². The molecule has 0 radical (unpaired) electrons. The number of ether oxygens (including phenoxy) is 2. The first kappa shape index (κ1) is 24.9. The molecular formula is C23H34IN3O2S. The second-order valence-electron chi connectivity index (χ2n) is 7.82. The molecule has 2 N–H and O–H groups in total. The van der Waals surface area contributed by atoms with Gasteiger partial charge in [0.25, 0.3) is 0 Å². The average molecular weight is 544 g/mol. The van der Waals surface area contributed by atoms with Crippen LogP contribution in [0.5, 0.6) is 5.75 Å². The van der Waals surface area contributed by atoms with Gasteiger partial charge in [0.05, 0.1) is 7.11 Å². The molecule has 7 heteroatoms. The lowest BCUT2D eigenvalue weighted by atomic mass is 9.74. The molecule has 1 aliphatic rings. The molecule has 2 aromatic rings. The Labute approximate surface area is 201 Å². The Kier molecular flexibility index (Phi) is 10.4. The van der Waals surface area contributed by atoms with E-state index in [1.54, 1.807) is 7.11 Å². The van der Waals surface area contributed by atoms with E-state index in [2.05, 4.69) is 52.2 Å². The Bertz CT molecular complexity index is 759. The highest BCUT2D eigenvalue weighted by atomic mass is 127. The number of aliphatic imine (C=N–C) groups is 1. The summed E-state index contributed by atoms with van der Waals surface area (Å²) in [6.45, 7) is 5.59. The summed E-state index contributed by atoms with van der Waals surface area (Å²) in [4.78, 5) is 5.87. The molecule has 1 atom stereocenters. The van der Waals surface area contributed by atoms with E-state index in [1.807, 2.05) is 30.5 Å². The molecule has 166 valence electrons. The highest BCUT2D eigenvalue weighted by Gasteiger charge is 2.34. The first-order chi connectivity index (χ1) is 14.1. The van der Waals surface area contributed by atoms with E-state index in [4.69, 9.17) is 9.47 Å². The van der Waals surface area contributed by atoms with Crippen molar-refractivity contribution in [3.63, 3.8) is 0 Å². The van der Waals surface area contributed by atoms with Crippen LogP contribution in [0, 0.1) is 5.92 Å². The van der Waals surface area contributed by atoms with Crippen molar-refractivity contribution < 1.29 is 9.47 Å². The summed E-state index contributed by atoms with van der Waals surface area (Å²) in [6, 6.07) is 12.8. The predicted molar refractivity (Wildman–Crippen MR) is 137 cm³/mol. The molecule has 0 spiro atoms. The number of hydrogen-bond acceptors (Lipinski definition) is 4. The number of thiophene rings is 1. The second-order valence-corrected chi connectivity index (χ2v) is 8.85. The fraction of sp³-hybridized carbons (Fsp3) is 0.522. The van der Waals surface area contributed by atoms with Crippen molar-refractivity contribution in [2.75, 3.05) is 40.5 Å². The van der Waals surface area contributed by atoms with E-state index >= 15 is 0 Å². The fourth-order valence-electron chi connectivity index (χ4n) is 3.86. The lowest BCUT2D eigenvalue weighted by molar-refractivity contribution is 0.0513. The number of hydrogen-bond donors (Lipinski definition) is 2. The maximum Gasteiger partial charge on any atom is 0.191 e. The van der Waals surface area contributed by atoms with Crippen LogP contribution in [0.3, 0.4) is 0 Å². The molecule has 0 aliphatic carbocycles. The van der Waals surface area contributed by atoms with Gasteiger partial charge in [0.1, 0.15) is 5.75 Å². The van der Waals surface area contributed by atoms with Crippen LogP contribution in [0.4, 0.5) is 0 Å². The molecule has 1 fully saturated rings. The van der Waals surface area contributed by atoms with Gasteiger partial charge in [-0.2, -0.15) is 0 Å². The van der Waals surface area contributed by atoms with Crippen LogP contribution in [0.25, 0.3) is 0 Å². The maximum absolute atomic E-state index is 5.66. The summed E-state index contributed by atoms with van der Waals surface area (Å²) in [6.07, 6.45) is 3.09. The van der Waals surface area contributed by atoms with E-state index in [0.717, 1.165) is 57.3 Å². The number of benzene rings is 1. The third kappa shape index (κ3) is 6.85. The largest absolute Gasteiger partial charge is 0.497 e. The number of guanidine groups is 1. The lowest BCUT2D eigenvalue weighted by Crippen LogP contribution is -2.48. The number of methoxy groups -OCH3 is 1. The molecule has 1 saturated heterocycles. The van der Waals surface area contributed by atoms with Crippen LogP contribution in [0.2, 0.25) is 0 Å². The zero-order valence-corrected chi connectivity index (χ0v) is 21.3. The first-order valence-electron chi connectivity index (χ1n) is 10.3. The van der Waals surface area contributed by atoms with Gasteiger partial charge in [0, 0.05) is 43.6 Å². The average Bonchev–Trinajstić information content (AvgIpc) is 3.27. The Hall–Kier alpha value is -1.32. The second kappa shape index (κ2) is 12.5. The summed E-state index contributed by atoms with van der Waals surface area (Å²) >= 11 is 1.83. The van der Waals surface area contributed by atoms with Gasteiger partial charge < -0.3 is 20.1 Å². The van der Waals surface area contributed by atoms with Crippen molar-refractivity contribution >= 4 is 41.3 Å². The van der Waals surface area contributed by atoms with Crippen LogP contribution in [-0.4, -0.2) is 46.4 Å². The van der Waals surface area contributed by atoms with Gasteiger partial charge in [-0.05, 0) is 54.3 Å². The Morgan fingerprint density at radius 1 is 1.20 bits per heavy atom. The molecule has 1 aromatic heterocycles. The standard InChI is InChI=1S/C23H33N3O2S.HI/c1-18(15-21-5-4-14-29-21)16-25-22(24-2)26-17-23(10-12-28-13-11-23)19-6-8-20(27-3)9-7-19;/h4-9,14,18H,10-13,15-17H2,1-3H3,(H2,24,25,26);1H. The molecule has 2 heterocycles. The van der Waals surface area contributed by atoms with Crippen molar-refractivity contribution in [1.82, 2.24) is 10.6 Å². The highest BCUT2D eigenvalue weighted by Crippen LogP contribution is 2.35. The molecule has 1 unspecified atom stereocenters. The number of nitrogens with one attached hydrogen (secondary N) is 2. The molecule has 1 aliphatic heterocycles. The lowest BCUT2D eigenvalue weighted by Gasteiger charge is -2.38. The van der Waals surface area contributed by atoms with Crippen molar-refractivity contribution in [3.05, 3.63) is 52.2 Å². The summed E-state index contributed by atoms with van der Waals surface area (Å²) < 4.78 is 11.0. The van der Waals surface area contributed by atoms with Crippen LogP contribution in [-0.2, 0) is 16.6 Å². The molecule has 0 bridgehead atoms. The minimum Gasteiger partial charge on any atom is -0.497 e. The minimum absolute atomic E-state index is 0. The van der Waals surface area contributed by atoms with E-state index in [0.29, 0.717) is 5.92 Å². The topological polar surface area (TPSA) is 54.9 Å². The Morgan fingerprint density at radius 2 is 1.93 bits per heavy atom. The van der Waals surface area contributed by atoms with Crippen LogP contribution in [0.15, 0.2) is 46.8 Å². The van der Waals surface area contributed by atoms with E-state index in [-0.39, 0.29) is 29.4 Å². The summed E-state index contributed by atoms with van der Waals surface area (Å²) in [7, 11) is 3.54. The molecule has 30 heavy (non-hydrogen) atoms. The molecule has 1 aromatic carbocycles. The normalized spacial score (nSPS) is 17.0. The zero-order chi connectivity index (χ0) is 20.5. The van der Waals surface area contributed by atoms with Gasteiger partial charge in [0.15, 0.2) is 5.96 Å². The van der Waals surface area contributed by atoms with Crippen molar-refractivity contribution in [2.24, 2.45) is 10.9 Å². The summed E-state index contributed by atoms with van der Waals surface area (Å²) in [5, 5.41) is 9.22. The fourth-order valence-corrected chi connectivity index (χ4v) is 4.73. The minimum atomic E-state index is 0. The quantitative estimate of drug-likeness (QED) is 0.293. The number of halogens is 1. The highest BCUT2D eigenvalue weighted by molar-refractivity contribution is 14.0. The predicted octanol–water partition coefficient (Wildman–Crippen LogP) is 4.47. The maximum atomic E-state index is 5.66. The first-order valence-corrected chi connectivity index (χ1v) is 11.2. The van der Waals surface area contributed by atoms with Gasteiger partial charge in [-0.3, -0.25) is 4.99 Å². The van der Waals surface area contributed by atoms with E-state index in [9.17, 15) is 0 Å². The molecular weight excluding hydrogens is 509 g/mol. The third-order valence-electron chi connectivity index (χ3n) is 5.72. The Morgan fingerprint density at radius 3 is 2.53 bits per heavy atom. The molecule has 5 nitrogen and oxygen atoms in total. The number of rotatable bonds is 8. The summed E-state index contributed by atoms with van der Waals surface area (Å²) in [5.74, 6) is 2.30. The van der Waals surface area contributed by atoms with Crippen LogP contribution in [0.1, 0.15) is 30.2 Å². The molecule has 3 rings (SSSR count). The molecule has 0 saturated carbocycles. The van der Waals surface area contributed by atoms with Gasteiger partial charge >= 0.3 is 0 Å². The third-order valence-corrected chi connectivity index (χ3v) is 6.62. The van der Waals surface area contributed by atoms with Gasteiger partial charge in [0.2, 0.25) is 0 Å². The van der Waals surface area contributed by atoms with Crippen molar-refractivity contribution in [2.45, 2.75) is 31.6 Å². The monoisotopic (exact) mass is 543 g/mol. The van der Waals surface area contributed by atoms with Crippen LogP contribution >= 0.6 is 35.3 Å². The van der Waals surface area contributed by atoms with Gasteiger partial charge in [-0.25, -0.2) is 0 Å².